The summed E-state index contributed by atoms with van der Waals surface area (Å²) in [6.07, 6.45) is -1.49. The molecule has 0 aliphatic heterocycles. The summed E-state index contributed by atoms with van der Waals surface area (Å²) in [6.45, 7) is -0.559. The molecule has 3 aromatic rings. The van der Waals surface area contributed by atoms with E-state index < -0.39 is 47.4 Å². The van der Waals surface area contributed by atoms with Crippen molar-refractivity contribution >= 4 is 33.4 Å². The van der Waals surface area contributed by atoms with E-state index in [1.807, 2.05) is 0 Å². The Hall–Kier alpha value is -2.56. The quantitative estimate of drug-likeness (QED) is 0.533. The average Bonchev–Trinajstić information content (AvgIpc) is 3.02. The number of aliphatic hydroxyl groups is 1. The van der Waals surface area contributed by atoms with E-state index in [9.17, 15) is 23.1 Å². The molecule has 2 aromatic carbocycles. The van der Waals surface area contributed by atoms with Gasteiger partial charge in [-0.25, -0.2) is 18.2 Å². The maximum atomic E-state index is 14.2. The van der Waals surface area contributed by atoms with Crippen molar-refractivity contribution in [2.75, 3.05) is 6.61 Å². The third kappa shape index (κ3) is 4.39. The number of oxazole rings is 1. The van der Waals surface area contributed by atoms with Crippen molar-refractivity contribution in [3.05, 3.63) is 68.9 Å². The normalized spacial score (nSPS) is 12.1. The molecule has 1 aromatic heterocycles. The summed E-state index contributed by atoms with van der Waals surface area (Å²) in [6, 6.07) is 5.66. The summed E-state index contributed by atoms with van der Waals surface area (Å²) in [5.74, 6) is -5.17. The highest BCUT2D eigenvalue weighted by molar-refractivity contribution is 9.10. The van der Waals surface area contributed by atoms with Crippen LogP contribution < -0.4 is 10.5 Å². The second-order valence-electron chi connectivity index (χ2n) is 5.72. The van der Waals surface area contributed by atoms with E-state index in [2.05, 4.69) is 20.9 Å². The largest absolute Gasteiger partial charge is 0.487 e. The molecule has 1 unspecified atom stereocenters. The summed E-state index contributed by atoms with van der Waals surface area (Å²) in [4.78, 5) is 15.2. The van der Waals surface area contributed by atoms with Gasteiger partial charge in [0, 0.05) is 10.6 Å². The molecule has 0 saturated carbocycles. The van der Waals surface area contributed by atoms with Gasteiger partial charge in [0.1, 0.15) is 29.5 Å². The summed E-state index contributed by atoms with van der Waals surface area (Å²) < 4.78 is 52.1. The monoisotopic (exact) mass is 490 g/mol. The second kappa shape index (κ2) is 8.44. The van der Waals surface area contributed by atoms with E-state index in [-0.39, 0.29) is 26.8 Å². The predicted molar refractivity (Wildman–Crippen MR) is 99.9 cm³/mol. The van der Waals surface area contributed by atoms with Crippen molar-refractivity contribution in [2.45, 2.75) is 6.10 Å². The van der Waals surface area contributed by atoms with Crippen molar-refractivity contribution in [1.82, 2.24) is 4.98 Å². The molecule has 11 heteroatoms. The van der Waals surface area contributed by atoms with Gasteiger partial charge in [-0.1, -0.05) is 11.6 Å². The summed E-state index contributed by atoms with van der Waals surface area (Å²) in [5.41, 5.74) is 4.11. The van der Waals surface area contributed by atoms with Gasteiger partial charge >= 0.3 is 0 Å². The lowest BCUT2D eigenvalue weighted by Gasteiger charge is -2.11. The summed E-state index contributed by atoms with van der Waals surface area (Å²) >= 11 is 8.80. The fourth-order valence-electron chi connectivity index (χ4n) is 2.42. The number of benzene rings is 2. The number of ether oxygens (including phenoxy) is 1. The van der Waals surface area contributed by atoms with Crippen LogP contribution in [0, 0.1) is 17.5 Å². The number of aromatic nitrogens is 1. The first kappa shape index (κ1) is 21.2. The molecule has 3 N–H and O–H groups in total. The van der Waals surface area contributed by atoms with Crippen LogP contribution in [0.2, 0.25) is 5.02 Å². The molecule has 3 rings (SSSR count). The van der Waals surface area contributed by atoms with E-state index in [0.717, 1.165) is 18.2 Å². The molecule has 0 fully saturated rings. The smallest absolute Gasteiger partial charge is 0.254 e. The van der Waals surface area contributed by atoms with Crippen molar-refractivity contribution in [1.29, 1.82) is 0 Å². The zero-order chi connectivity index (χ0) is 21.3. The Morgan fingerprint density at radius 3 is 2.66 bits per heavy atom. The van der Waals surface area contributed by atoms with Crippen molar-refractivity contribution in [3.63, 3.8) is 0 Å². The number of aliphatic hydroxyl groups excluding tert-OH is 1. The third-order valence-electron chi connectivity index (χ3n) is 3.77. The molecule has 1 heterocycles. The maximum absolute atomic E-state index is 14.2. The highest BCUT2D eigenvalue weighted by Crippen LogP contribution is 2.33. The number of rotatable bonds is 6. The number of carbonyl (C=O) groups is 1. The molecule has 0 radical (unpaired) electrons. The van der Waals surface area contributed by atoms with Crippen LogP contribution in [0.5, 0.6) is 5.75 Å². The minimum absolute atomic E-state index is 0.0387. The number of halogens is 5. The minimum Gasteiger partial charge on any atom is -0.487 e. The molecule has 29 heavy (non-hydrogen) atoms. The van der Waals surface area contributed by atoms with E-state index >= 15 is 0 Å². The topological polar surface area (TPSA) is 98.6 Å². The number of hydrogen-bond donors (Lipinski definition) is 2. The standard InChI is InChI=1S/C18H11BrClF3N2O4/c19-16-15(8-2-1-7(20)5-10(8)22)25-18(29-16)11(26)6-28-12-4-3-9(21)13(14(12)23)17(24)27/h1-5,11,26H,6H2,(H2,24,27). The number of primary amides is 1. The van der Waals surface area contributed by atoms with Gasteiger partial charge in [-0.2, -0.15) is 0 Å². The lowest BCUT2D eigenvalue weighted by Crippen LogP contribution is -2.17. The highest BCUT2D eigenvalue weighted by atomic mass is 79.9. The number of nitrogens with two attached hydrogens (primary N) is 1. The molecule has 152 valence electrons. The van der Waals surface area contributed by atoms with E-state index in [4.69, 9.17) is 26.5 Å². The first-order chi connectivity index (χ1) is 13.7. The van der Waals surface area contributed by atoms with E-state index in [1.54, 1.807) is 0 Å². The molecule has 1 atom stereocenters. The SMILES string of the molecule is NC(=O)c1c(F)ccc(OCC(O)c2nc(-c3ccc(Cl)cc3F)c(Br)o2)c1F. The Balaban J connectivity index is 1.80. The summed E-state index contributed by atoms with van der Waals surface area (Å²) in [7, 11) is 0. The van der Waals surface area contributed by atoms with Crippen LogP contribution in [0.3, 0.4) is 0 Å². The third-order valence-corrected chi connectivity index (χ3v) is 4.54. The minimum atomic E-state index is -1.49. The first-order valence-electron chi connectivity index (χ1n) is 7.89. The van der Waals surface area contributed by atoms with Crippen LogP contribution in [0.1, 0.15) is 22.4 Å². The molecule has 0 aliphatic rings. The zero-order valence-electron chi connectivity index (χ0n) is 14.3. The molecular formula is C18H11BrClF3N2O4. The van der Waals surface area contributed by atoms with Crippen LogP contribution in [-0.4, -0.2) is 22.6 Å². The molecule has 1 amide bonds. The van der Waals surface area contributed by atoms with Crippen LogP contribution in [0.15, 0.2) is 39.4 Å². The van der Waals surface area contributed by atoms with Crippen molar-refractivity contribution in [2.24, 2.45) is 5.73 Å². The number of nitrogens with zero attached hydrogens (tertiary/aromatic N) is 1. The fourth-order valence-corrected chi connectivity index (χ4v) is 3.04. The maximum Gasteiger partial charge on any atom is 0.254 e. The lowest BCUT2D eigenvalue weighted by molar-refractivity contribution is 0.0811. The Morgan fingerprint density at radius 2 is 2.00 bits per heavy atom. The molecule has 0 saturated heterocycles. The van der Waals surface area contributed by atoms with Crippen LogP contribution >= 0.6 is 27.5 Å². The van der Waals surface area contributed by atoms with Gasteiger partial charge in [0.05, 0.1) is 0 Å². The van der Waals surface area contributed by atoms with Crippen LogP contribution in [-0.2, 0) is 0 Å². The molecule has 6 nitrogen and oxygen atoms in total. The molecule has 0 spiro atoms. The van der Waals surface area contributed by atoms with Gasteiger partial charge in [-0.15, -0.1) is 0 Å². The van der Waals surface area contributed by atoms with Crippen LogP contribution in [0.4, 0.5) is 13.2 Å². The number of hydrogen-bond acceptors (Lipinski definition) is 5. The van der Waals surface area contributed by atoms with Crippen molar-refractivity contribution < 1.29 is 32.2 Å². The van der Waals surface area contributed by atoms with Gasteiger partial charge in [0.15, 0.2) is 22.3 Å². The van der Waals surface area contributed by atoms with Crippen LogP contribution in [0.25, 0.3) is 11.3 Å². The highest BCUT2D eigenvalue weighted by Gasteiger charge is 2.24. The Kier molecular flexibility index (Phi) is 6.15. The molecule has 0 aliphatic carbocycles. The van der Waals surface area contributed by atoms with Gasteiger partial charge in [-0.3, -0.25) is 4.79 Å². The predicted octanol–water partition coefficient (Wildman–Crippen LogP) is 4.39. The van der Waals surface area contributed by atoms with Gasteiger partial charge in [0.25, 0.3) is 5.91 Å². The molecular weight excluding hydrogens is 481 g/mol. The molecule has 0 bridgehead atoms. The first-order valence-corrected chi connectivity index (χ1v) is 9.06. The number of carbonyl (C=O) groups excluding carboxylic acids is 1. The summed E-state index contributed by atoms with van der Waals surface area (Å²) in [5, 5.41) is 10.4. The Morgan fingerprint density at radius 1 is 1.28 bits per heavy atom. The zero-order valence-corrected chi connectivity index (χ0v) is 16.6. The van der Waals surface area contributed by atoms with Gasteiger partial charge < -0.3 is 20.0 Å². The lowest BCUT2D eigenvalue weighted by atomic mass is 10.1. The van der Waals surface area contributed by atoms with E-state index in [1.165, 1.54) is 12.1 Å². The second-order valence-corrected chi connectivity index (χ2v) is 6.88. The average molecular weight is 492 g/mol. The number of amides is 1. The van der Waals surface area contributed by atoms with Gasteiger partial charge in [-0.05, 0) is 46.3 Å². The Labute approximate surface area is 175 Å². The fraction of sp³-hybridized carbons (Fsp3) is 0.111. The van der Waals surface area contributed by atoms with Gasteiger partial charge in [0.2, 0.25) is 5.89 Å². The van der Waals surface area contributed by atoms with E-state index in [0.29, 0.717) is 0 Å². The van der Waals surface area contributed by atoms with Crippen molar-refractivity contribution in [3.8, 4) is 17.0 Å². The Bertz CT molecular complexity index is 1090.